The lowest BCUT2D eigenvalue weighted by Gasteiger charge is -2.62. The molecule has 10 heteroatoms. The first kappa shape index (κ1) is 24.0. The number of carboxylic acids is 1. The molecule has 0 spiro atoms. The molecular weight excluding hydrogens is 504 g/mol. The van der Waals surface area contributed by atoms with Gasteiger partial charge in [0, 0.05) is 47.7 Å². The average Bonchev–Trinajstić information content (AvgIpc) is 3.07. The Bertz CT molecular complexity index is 1420. The Hall–Kier alpha value is -2.71. The highest BCUT2D eigenvalue weighted by Crippen LogP contribution is 2.54. The lowest BCUT2D eigenvalue weighted by Crippen LogP contribution is -2.74. The minimum absolute atomic E-state index is 0.143. The monoisotopic (exact) mass is 524 g/mol. The summed E-state index contributed by atoms with van der Waals surface area (Å²) >= 11 is 13.1. The molecule has 1 aromatic heterocycles. The molecule has 1 aliphatic carbocycles. The molecule has 2 atom stereocenters. The number of benzene rings is 2. The largest absolute Gasteiger partial charge is 0.481 e. The Morgan fingerprint density at radius 3 is 2.49 bits per heavy atom. The van der Waals surface area contributed by atoms with E-state index in [0.717, 1.165) is 12.1 Å². The molecule has 1 N–H and O–H groups in total. The number of carbonyl (C=O) groups excluding carboxylic acids is 1. The fraction of sp³-hybridized carbons (Fsp3) is 0.360. The number of rotatable bonds is 4. The average molecular weight is 525 g/mol. The fourth-order valence-electron chi connectivity index (χ4n) is 5.35. The number of piperidine rings is 1. The highest BCUT2D eigenvalue weighted by atomic mass is 35.5. The van der Waals surface area contributed by atoms with Crippen LogP contribution in [0.15, 0.2) is 30.3 Å². The molecule has 35 heavy (non-hydrogen) atoms. The number of aliphatic carboxylic acids is 1. The summed E-state index contributed by atoms with van der Waals surface area (Å²) in [6.45, 7) is 1.77. The zero-order chi connectivity index (χ0) is 25.4. The van der Waals surface area contributed by atoms with E-state index in [1.807, 2.05) is 0 Å². The second kappa shape index (κ2) is 7.90. The van der Waals surface area contributed by atoms with E-state index in [0.29, 0.717) is 45.6 Å². The summed E-state index contributed by atoms with van der Waals surface area (Å²) in [6, 6.07) is 6.79. The Morgan fingerprint density at radius 2 is 1.91 bits per heavy atom. The first-order valence-corrected chi connectivity index (χ1v) is 11.8. The van der Waals surface area contributed by atoms with E-state index in [1.54, 1.807) is 30.7 Å². The van der Waals surface area contributed by atoms with Crippen molar-refractivity contribution >= 4 is 46.0 Å². The number of hydrogen-bond acceptors (Lipinski definition) is 2. The number of likely N-dealkylation sites (tertiary alicyclic amines) is 1. The minimum atomic E-state index is -4.46. The third kappa shape index (κ3) is 3.52. The van der Waals surface area contributed by atoms with Crippen molar-refractivity contribution in [3.8, 4) is 0 Å². The first-order valence-electron chi connectivity index (χ1n) is 11.0. The third-order valence-corrected chi connectivity index (χ3v) is 8.37. The highest BCUT2D eigenvalue weighted by Gasteiger charge is 2.65. The van der Waals surface area contributed by atoms with Crippen LogP contribution >= 0.6 is 23.2 Å². The van der Waals surface area contributed by atoms with Crippen LogP contribution in [0, 0.1) is 12.3 Å². The van der Waals surface area contributed by atoms with Crippen LogP contribution in [0.3, 0.4) is 0 Å². The molecule has 184 valence electrons. The van der Waals surface area contributed by atoms with Gasteiger partial charge in [0.15, 0.2) is 0 Å². The maximum absolute atomic E-state index is 13.3. The number of carbonyl (C=O) groups is 2. The number of fused-ring (bicyclic) bond motifs is 2. The van der Waals surface area contributed by atoms with E-state index < -0.39 is 23.1 Å². The number of carboxylic acid groups (broad SMARTS) is 1. The second-order valence-corrected chi connectivity index (χ2v) is 10.2. The summed E-state index contributed by atoms with van der Waals surface area (Å²) < 4.78 is 41.6. The summed E-state index contributed by atoms with van der Waals surface area (Å²) in [6.07, 6.45) is -3.08. The Balaban J connectivity index is 1.48. The molecule has 0 bridgehead atoms. The maximum atomic E-state index is 13.3. The molecule has 5 rings (SSSR count). The normalized spacial score (nSPS) is 21.5. The smallest absolute Gasteiger partial charge is 0.416 e. The number of amides is 1. The number of aryl methyl sites for hydroxylation is 2. The van der Waals surface area contributed by atoms with Gasteiger partial charge in [-0.05, 0) is 61.2 Å². The summed E-state index contributed by atoms with van der Waals surface area (Å²) in [7, 11) is 1.68. The molecular formula is C25H21Cl2F3N2O3. The standard InChI is InChI=1S/C25H21Cl2F3N2O3/c1-12-7-13(25(28,29)30)8-19-16(12)9-14(31(19)2)10-17-18(26)4-3-15(21(17)27)22(33)32-11-24(23(34)35)6-5-20(24)32/h3-4,7-9,20H,5-6,10-11H2,1-2H3,(H,34,35)/t20-,24?/m1/s1. The predicted molar refractivity (Wildman–Crippen MR) is 126 cm³/mol. The molecule has 1 aliphatic heterocycles. The molecule has 1 amide bonds. The van der Waals surface area contributed by atoms with Gasteiger partial charge in [0.25, 0.3) is 5.91 Å². The van der Waals surface area contributed by atoms with E-state index in [9.17, 15) is 27.9 Å². The summed E-state index contributed by atoms with van der Waals surface area (Å²) in [5.41, 5.74) is 0.753. The topological polar surface area (TPSA) is 62.5 Å². The lowest BCUT2D eigenvalue weighted by atomic mass is 9.57. The van der Waals surface area contributed by atoms with Gasteiger partial charge in [0.2, 0.25) is 0 Å². The maximum Gasteiger partial charge on any atom is 0.416 e. The highest BCUT2D eigenvalue weighted by molar-refractivity contribution is 6.38. The van der Waals surface area contributed by atoms with Crippen molar-refractivity contribution in [3.05, 3.63) is 68.3 Å². The number of nitrogens with zero attached hydrogens (tertiary/aromatic N) is 2. The molecule has 1 unspecified atom stereocenters. The first-order chi connectivity index (χ1) is 16.3. The number of alkyl halides is 3. The number of hydrogen-bond donors (Lipinski definition) is 1. The fourth-order valence-corrected chi connectivity index (χ4v) is 5.93. The van der Waals surface area contributed by atoms with Crippen LogP contribution in [-0.4, -0.2) is 39.0 Å². The van der Waals surface area contributed by atoms with Gasteiger partial charge in [0.05, 0.1) is 16.1 Å². The molecule has 0 radical (unpaired) electrons. The van der Waals surface area contributed by atoms with Crippen LogP contribution in [-0.2, 0) is 24.4 Å². The van der Waals surface area contributed by atoms with Crippen molar-refractivity contribution in [2.24, 2.45) is 12.5 Å². The van der Waals surface area contributed by atoms with Gasteiger partial charge in [0.1, 0.15) is 5.41 Å². The molecule has 1 saturated carbocycles. The number of halogens is 5. The Kier molecular flexibility index (Phi) is 5.42. The number of aromatic nitrogens is 1. The van der Waals surface area contributed by atoms with Crippen LogP contribution < -0.4 is 0 Å². The Labute approximate surface area is 209 Å². The molecule has 2 aliphatic rings. The van der Waals surface area contributed by atoms with Crippen molar-refractivity contribution in [3.63, 3.8) is 0 Å². The van der Waals surface area contributed by atoms with Crippen LogP contribution in [0.25, 0.3) is 10.9 Å². The molecule has 5 nitrogen and oxygen atoms in total. The van der Waals surface area contributed by atoms with Crippen LogP contribution in [0.1, 0.15) is 45.6 Å². The zero-order valence-electron chi connectivity index (χ0n) is 18.8. The van der Waals surface area contributed by atoms with Gasteiger partial charge in [-0.3, -0.25) is 9.59 Å². The van der Waals surface area contributed by atoms with E-state index in [2.05, 4.69) is 0 Å². The quantitative estimate of drug-likeness (QED) is 0.449. The van der Waals surface area contributed by atoms with Crippen LogP contribution in [0.4, 0.5) is 13.2 Å². The van der Waals surface area contributed by atoms with Gasteiger partial charge in [-0.25, -0.2) is 0 Å². The van der Waals surface area contributed by atoms with Crippen molar-refractivity contribution in [1.29, 1.82) is 0 Å². The molecule has 2 aromatic carbocycles. The van der Waals surface area contributed by atoms with Crippen LogP contribution in [0.2, 0.25) is 10.0 Å². The van der Waals surface area contributed by atoms with Crippen molar-refractivity contribution in [2.45, 2.75) is 38.4 Å². The van der Waals surface area contributed by atoms with Gasteiger partial charge in [-0.2, -0.15) is 13.2 Å². The van der Waals surface area contributed by atoms with Gasteiger partial charge in [-0.15, -0.1) is 0 Å². The Morgan fingerprint density at radius 1 is 1.20 bits per heavy atom. The van der Waals surface area contributed by atoms with E-state index in [1.165, 1.54) is 11.0 Å². The van der Waals surface area contributed by atoms with Gasteiger partial charge in [-0.1, -0.05) is 23.2 Å². The summed E-state index contributed by atoms with van der Waals surface area (Å²) in [5, 5.41) is 10.7. The second-order valence-electron chi connectivity index (χ2n) is 9.43. The summed E-state index contributed by atoms with van der Waals surface area (Å²) in [4.78, 5) is 26.3. The molecule has 1 saturated heterocycles. The molecule has 2 heterocycles. The SMILES string of the molecule is Cc1cc(C(F)(F)F)cc2c1cc(Cc1c(Cl)ccc(C(=O)N3CC4(C(=O)O)CC[C@@H]34)c1Cl)n2C. The third-order valence-electron chi connectivity index (χ3n) is 7.59. The van der Waals surface area contributed by atoms with E-state index in [4.69, 9.17) is 23.2 Å². The van der Waals surface area contributed by atoms with Crippen LogP contribution in [0.5, 0.6) is 0 Å². The van der Waals surface area contributed by atoms with Crippen molar-refractivity contribution < 1.29 is 27.9 Å². The van der Waals surface area contributed by atoms with Crippen molar-refractivity contribution in [1.82, 2.24) is 9.47 Å². The van der Waals surface area contributed by atoms with Gasteiger partial charge < -0.3 is 14.6 Å². The van der Waals surface area contributed by atoms with Gasteiger partial charge >= 0.3 is 12.1 Å². The minimum Gasteiger partial charge on any atom is -0.481 e. The van der Waals surface area contributed by atoms with E-state index in [-0.39, 0.29) is 35.5 Å². The molecule has 3 aromatic rings. The summed E-state index contributed by atoms with van der Waals surface area (Å²) in [5.74, 6) is -1.24. The molecule has 2 fully saturated rings. The lowest BCUT2D eigenvalue weighted by molar-refractivity contribution is -0.185. The zero-order valence-corrected chi connectivity index (χ0v) is 20.4. The van der Waals surface area contributed by atoms with Crippen molar-refractivity contribution in [2.75, 3.05) is 6.54 Å². The van der Waals surface area contributed by atoms with E-state index >= 15 is 0 Å². The predicted octanol–water partition coefficient (Wildman–Crippen LogP) is 6.09.